The number of likely N-dealkylation sites (N-methyl/N-ethyl adjacent to an activating group) is 2. The number of rotatable bonds is 9. The molecule has 0 rings (SSSR count). The Labute approximate surface area is 93.6 Å². The van der Waals surface area contributed by atoms with E-state index in [2.05, 4.69) is 17.3 Å². The molecule has 0 radical (unpaired) electrons. The number of aliphatic hydroxyl groups is 1. The Balaban J connectivity index is 3.56. The van der Waals surface area contributed by atoms with Gasteiger partial charge in [0.2, 0.25) is 0 Å². The van der Waals surface area contributed by atoms with Crippen LogP contribution in [0.5, 0.6) is 0 Å². The number of nitrogens with zero attached hydrogens (tertiary/aromatic N) is 1. The fourth-order valence-electron chi connectivity index (χ4n) is 1.39. The van der Waals surface area contributed by atoms with E-state index in [1.54, 1.807) is 0 Å². The molecule has 0 fully saturated rings. The summed E-state index contributed by atoms with van der Waals surface area (Å²) in [5.41, 5.74) is 0. The van der Waals surface area contributed by atoms with Crippen molar-refractivity contribution in [3.05, 3.63) is 0 Å². The van der Waals surface area contributed by atoms with Gasteiger partial charge in [-0.3, -0.25) is 0 Å². The van der Waals surface area contributed by atoms with Crippen molar-refractivity contribution in [2.75, 3.05) is 40.4 Å². The van der Waals surface area contributed by atoms with Crippen LogP contribution in [0.1, 0.15) is 20.3 Å². The normalized spacial score (nSPS) is 13.8. The Morgan fingerprint density at radius 1 is 1.40 bits per heavy atom. The number of nitrogens with one attached hydrogen (secondary N) is 1. The van der Waals surface area contributed by atoms with Crippen LogP contribution in [0.25, 0.3) is 0 Å². The maximum Gasteiger partial charge on any atom is 0.0596 e. The predicted octanol–water partition coefficient (Wildman–Crippen LogP) is 0.314. The third-order valence-electron chi connectivity index (χ3n) is 2.34. The third-order valence-corrected chi connectivity index (χ3v) is 2.34. The van der Waals surface area contributed by atoms with Gasteiger partial charge < -0.3 is 20.1 Å². The van der Waals surface area contributed by atoms with E-state index in [1.807, 2.05) is 20.9 Å². The van der Waals surface area contributed by atoms with Crippen LogP contribution >= 0.6 is 0 Å². The molecule has 0 aliphatic rings. The van der Waals surface area contributed by atoms with E-state index in [1.165, 1.54) is 0 Å². The van der Waals surface area contributed by atoms with Gasteiger partial charge >= 0.3 is 0 Å². The molecule has 0 aromatic carbocycles. The Morgan fingerprint density at radius 2 is 2.07 bits per heavy atom. The van der Waals surface area contributed by atoms with Crippen LogP contribution in [0.15, 0.2) is 0 Å². The Kier molecular flexibility index (Phi) is 9.00. The Morgan fingerprint density at radius 3 is 2.53 bits per heavy atom. The second kappa shape index (κ2) is 9.09. The minimum atomic E-state index is 0.238. The lowest BCUT2D eigenvalue weighted by molar-refractivity contribution is 0.0619. The average molecular weight is 218 g/mol. The lowest BCUT2D eigenvalue weighted by atomic mass is 10.2. The van der Waals surface area contributed by atoms with Gasteiger partial charge in [-0.15, -0.1) is 0 Å². The van der Waals surface area contributed by atoms with Crippen molar-refractivity contribution in [2.45, 2.75) is 32.4 Å². The fourth-order valence-corrected chi connectivity index (χ4v) is 1.39. The van der Waals surface area contributed by atoms with E-state index in [9.17, 15) is 0 Å². The van der Waals surface area contributed by atoms with Crippen molar-refractivity contribution >= 4 is 0 Å². The van der Waals surface area contributed by atoms with E-state index in [4.69, 9.17) is 9.84 Å². The highest BCUT2D eigenvalue weighted by atomic mass is 16.5. The van der Waals surface area contributed by atoms with Gasteiger partial charge in [0.1, 0.15) is 0 Å². The summed E-state index contributed by atoms with van der Waals surface area (Å²) in [7, 11) is 4.00. The highest BCUT2D eigenvalue weighted by Crippen LogP contribution is 1.95. The zero-order chi connectivity index (χ0) is 11.7. The van der Waals surface area contributed by atoms with Crippen LogP contribution in [0, 0.1) is 0 Å². The minimum absolute atomic E-state index is 0.238. The van der Waals surface area contributed by atoms with E-state index in [0.29, 0.717) is 12.1 Å². The average Bonchev–Trinajstić information content (AvgIpc) is 2.16. The van der Waals surface area contributed by atoms with E-state index in [-0.39, 0.29) is 6.61 Å². The van der Waals surface area contributed by atoms with Gasteiger partial charge in [0.15, 0.2) is 0 Å². The molecule has 92 valence electrons. The molecule has 0 aliphatic carbocycles. The largest absolute Gasteiger partial charge is 0.396 e. The van der Waals surface area contributed by atoms with Crippen LogP contribution in [0.4, 0.5) is 0 Å². The van der Waals surface area contributed by atoms with Crippen molar-refractivity contribution in [1.82, 2.24) is 10.2 Å². The summed E-state index contributed by atoms with van der Waals surface area (Å²) in [6, 6.07) is 0.360. The first-order valence-corrected chi connectivity index (χ1v) is 5.68. The smallest absolute Gasteiger partial charge is 0.0596 e. The van der Waals surface area contributed by atoms with Crippen LogP contribution in [0.2, 0.25) is 0 Å². The van der Waals surface area contributed by atoms with Crippen LogP contribution in [-0.4, -0.2) is 62.6 Å². The lowest BCUT2D eigenvalue weighted by Crippen LogP contribution is -2.39. The fraction of sp³-hybridized carbons (Fsp3) is 1.00. The van der Waals surface area contributed by atoms with Crippen molar-refractivity contribution in [3.8, 4) is 0 Å². The second-order valence-electron chi connectivity index (χ2n) is 4.18. The summed E-state index contributed by atoms with van der Waals surface area (Å²) in [5, 5.41) is 12.0. The van der Waals surface area contributed by atoms with Crippen molar-refractivity contribution in [1.29, 1.82) is 0 Å². The summed E-state index contributed by atoms with van der Waals surface area (Å²) >= 11 is 0. The van der Waals surface area contributed by atoms with Gasteiger partial charge in [0.05, 0.1) is 12.7 Å². The van der Waals surface area contributed by atoms with Gasteiger partial charge in [0.25, 0.3) is 0 Å². The molecule has 4 heteroatoms. The van der Waals surface area contributed by atoms with Gasteiger partial charge in [-0.25, -0.2) is 0 Å². The van der Waals surface area contributed by atoms with Gasteiger partial charge in [0, 0.05) is 25.7 Å². The monoisotopic (exact) mass is 218 g/mol. The van der Waals surface area contributed by atoms with E-state index < -0.39 is 0 Å². The van der Waals surface area contributed by atoms with Crippen molar-refractivity contribution in [2.24, 2.45) is 0 Å². The quantitative estimate of drug-likeness (QED) is 0.585. The molecule has 0 saturated carbocycles. The SMILES string of the molecule is CNC(CCO)CN(C)CCOC(C)C. The zero-order valence-electron chi connectivity index (χ0n) is 10.5. The van der Waals surface area contributed by atoms with Crippen LogP contribution < -0.4 is 5.32 Å². The molecule has 0 aromatic heterocycles. The molecule has 1 atom stereocenters. The van der Waals surface area contributed by atoms with Gasteiger partial charge in [-0.05, 0) is 34.4 Å². The second-order valence-corrected chi connectivity index (χ2v) is 4.18. The lowest BCUT2D eigenvalue weighted by Gasteiger charge is -2.23. The molecule has 0 amide bonds. The van der Waals surface area contributed by atoms with Crippen LogP contribution in [0.3, 0.4) is 0 Å². The topological polar surface area (TPSA) is 44.7 Å². The molecule has 0 bridgehead atoms. The number of hydrogen-bond donors (Lipinski definition) is 2. The van der Waals surface area contributed by atoms with E-state index in [0.717, 1.165) is 26.1 Å². The standard InChI is InChI=1S/C11H26N2O2/c1-10(2)15-8-6-13(4)9-11(12-3)5-7-14/h10-12,14H,5-9H2,1-4H3. The molecule has 4 nitrogen and oxygen atoms in total. The molecular weight excluding hydrogens is 192 g/mol. The first-order chi connectivity index (χ1) is 7.10. The molecular formula is C11H26N2O2. The Hall–Kier alpha value is -0.160. The summed E-state index contributed by atoms with van der Waals surface area (Å²) in [6.07, 6.45) is 1.10. The maximum absolute atomic E-state index is 8.85. The van der Waals surface area contributed by atoms with Gasteiger partial charge in [-0.1, -0.05) is 0 Å². The van der Waals surface area contributed by atoms with Crippen molar-refractivity contribution < 1.29 is 9.84 Å². The first kappa shape index (κ1) is 14.8. The first-order valence-electron chi connectivity index (χ1n) is 5.68. The zero-order valence-corrected chi connectivity index (χ0v) is 10.5. The third kappa shape index (κ3) is 8.81. The van der Waals surface area contributed by atoms with Crippen LogP contribution in [-0.2, 0) is 4.74 Å². The number of aliphatic hydroxyl groups excluding tert-OH is 1. The summed E-state index contributed by atoms with van der Waals surface area (Å²) in [4.78, 5) is 2.22. The molecule has 15 heavy (non-hydrogen) atoms. The molecule has 0 heterocycles. The predicted molar refractivity (Wildman–Crippen MR) is 63.1 cm³/mol. The van der Waals surface area contributed by atoms with Crippen molar-refractivity contribution in [3.63, 3.8) is 0 Å². The highest BCUT2D eigenvalue weighted by Gasteiger charge is 2.08. The number of hydrogen-bond acceptors (Lipinski definition) is 4. The molecule has 1 unspecified atom stereocenters. The molecule has 0 saturated heterocycles. The highest BCUT2D eigenvalue weighted by molar-refractivity contribution is 4.68. The minimum Gasteiger partial charge on any atom is -0.396 e. The molecule has 0 aliphatic heterocycles. The van der Waals surface area contributed by atoms with Gasteiger partial charge in [-0.2, -0.15) is 0 Å². The maximum atomic E-state index is 8.85. The summed E-state index contributed by atoms with van der Waals surface area (Å²) < 4.78 is 5.48. The Bertz CT molecular complexity index is 143. The van der Waals surface area contributed by atoms with E-state index >= 15 is 0 Å². The summed E-state index contributed by atoms with van der Waals surface area (Å²) in [5.74, 6) is 0. The molecule has 2 N–H and O–H groups in total. The summed E-state index contributed by atoms with van der Waals surface area (Å²) in [6.45, 7) is 6.97. The molecule has 0 aromatic rings. The number of ether oxygens (including phenoxy) is 1. The molecule has 0 spiro atoms.